The summed E-state index contributed by atoms with van der Waals surface area (Å²) in [5, 5.41) is 2.65. The van der Waals surface area contributed by atoms with Crippen LogP contribution in [0.1, 0.15) is 16.8 Å². The lowest BCUT2D eigenvalue weighted by molar-refractivity contribution is -0.120. The molecule has 0 atom stereocenters. The van der Waals surface area contributed by atoms with Crippen molar-refractivity contribution in [2.24, 2.45) is 0 Å². The molecule has 1 aromatic carbocycles. The smallest absolute Gasteiger partial charge is 0.257 e. The van der Waals surface area contributed by atoms with Gasteiger partial charge in [0, 0.05) is 18.5 Å². The Kier molecular flexibility index (Phi) is 6.10. The summed E-state index contributed by atoms with van der Waals surface area (Å²) in [4.78, 5) is 20.9. The molecule has 2 heterocycles. The van der Waals surface area contributed by atoms with Gasteiger partial charge in [-0.05, 0) is 37.1 Å². The maximum absolute atomic E-state index is 12.3. The van der Waals surface area contributed by atoms with Crippen LogP contribution in [0, 0.1) is 13.8 Å². The first kappa shape index (κ1) is 19.7. The predicted octanol–water partition coefficient (Wildman–Crippen LogP) is 1.15. The first-order valence-electron chi connectivity index (χ1n) is 8.50. The molecule has 1 aliphatic rings. The summed E-state index contributed by atoms with van der Waals surface area (Å²) in [6.45, 7) is 6.61. The number of aryl methyl sites for hydroxylation is 2. The number of nitrogens with zero attached hydrogens (tertiary/aromatic N) is 2. The van der Waals surface area contributed by atoms with Crippen molar-refractivity contribution in [1.82, 2.24) is 15.2 Å². The van der Waals surface area contributed by atoms with Crippen molar-refractivity contribution in [2.45, 2.75) is 25.2 Å². The molecule has 0 unspecified atom stereocenters. The van der Waals surface area contributed by atoms with Gasteiger partial charge in [-0.1, -0.05) is 6.07 Å². The number of carbonyl (C=O) groups excluding carboxylic acids is 1. The molecule has 0 spiro atoms. The fourth-order valence-electron chi connectivity index (χ4n) is 2.55. The third-order valence-electron chi connectivity index (χ3n) is 4.28. The number of thiazole rings is 1. The van der Waals surface area contributed by atoms with Gasteiger partial charge in [-0.3, -0.25) is 10.2 Å². The number of rotatable bonds is 6. The molecule has 1 amide bonds. The summed E-state index contributed by atoms with van der Waals surface area (Å²) >= 11 is 1.46. The predicted molar refractivity (Wildman–Crippen MR) is 103 cm³/mol. The highest BCUT2D eigenvalue weighted by Gasteiger charge is 2.18. The molecule has 3 rings (SSSR count). The summed E-state index contributed by atoms with van der Waals surface area (Å²) in [5.41, 5.74) is 4.71. The summed E-state index contributed by atoms with van der Waals surface area (Å²) in [6, 6.07) is 4.80. The number of amides is 1. The van der Waals surface area contributed by atoms with Gasteiger partial charge in [-0.2, -0.15) is 0 Å². The summed E-state index contributed by atoms with van der Waals surface area (Å²) in [6.07, 6.45) is -0.00368. The minimum absolute atomic E-state index is 0.00368. The number of morpholine rings is 1. The average molecular weight is 411 g/mol. The lowest BCUT2D eigenvalue weighted by atomic mass is 10.1. The van der Waals surface area contributed by atoms with Crippen LogP contribution in [0.15, 0.2) is 28.5 Å². The largest absolute Gasteiger partial charge is 0.378 e. The summed E-state index contributed by atoms with van der Waals surface area (Å²) in [7, 11) is -3.82. The molecule has 2 N–H and O–H groups in total. The molecule has 0 bridgehead atoms. The number of ether oxygens (including phenoxy) is 1. The van der Waals surface area contributed by atoms with Crippen molar-refractivity contribution in [1.29, 1.82) is 0 Å². The number of nitrogens with one attached hydrogen (secondary N) is 2. The van der Waals surface area contributed by atoms with Gasteiger partial charge in [0.15, 0.2) is 5.13 Å². The van der Waals surface area contributed by atoms with Crippen molar-refractivity contribution >= 4 is 32.4 Å². The molecule has 1 aliphatic heterocycles. The molecule has 10 heteroatoms. The number of aromatic nitrogens is 1. The van der Waals surface area contributed by atoms with E-state index >= 15 is 0 Å². The fourth-order valence-corrected chi connectivity index (χ4v) is 4.37. The normalized spacial score (nSPS) is 15.0. The van der Waals surface area contributed by atoms with Gasteiger partial charge in [0.25, 0.3) is 10.0 Å². The van der Waals surface area contributed by atoms with Gasteiger partial charge >= 0.3 is 0 Å². The molecule has 0 saturated carbocycles. The van der Waals surface area contributed by atoms with Crippen LogP contribution in [0.2, 0.25) is 0 Å². The second-order valence-electron chi connectivity index (χ2n) is 6.30. The molecule has 0 aliphatic carbocycles. The fraction of sp³-hybridized carbons (Fsp3) is 0.412. The van der Waals surface area contributed by atoms with Crippen LogP contribution in [-0.4, -0.2) is 45.6 Å². The van der Waals surface area contributed by atoms with E-state index in [1.54, 1.807) is 12.1 Å². The average Bonchev–Trinajstić information content (AvgIpc) is 3.11. The second-order valence-corrected chi connectivity index (χ2v) is 8.82. The quantitative estimate of drug-likeness (QED) is 0.693. The van der Waals surface area contributed by atoms with E-state index in [9.17, 15) is 13.2 Å². The Balaban J connectivity index is 1.56. The van der Waals surface area contributed by atoms with Crippen LogP contribution >= 0.6 is 11.3 Å². The van der Waals surface area contributed by atoms with Gasteiger partial charge in [0.1, 0.15) is 0 Å². The highest BCUT2D eigenvalue weighted by Crippen LogP contribution is 2.21. The van der Waals surface area contributed by atoms with Gasteiger partial charge < -0.3 is 9.64 Å². The van der Waals surface area contributed by atoms with E-state index < -0.39 is 15.9 Å². The Hall–Kier alpha value is -2.01. The third kappa shape index (κ3) is 5.04. The maximum atomic E-state index is 12.3. The van der Waals surface area contributed by atoms with Gasteiger partial charge in [0.05, 0.1) is 30.2 Å². The SMILES string of the molecule is Cc1ccc(S(=O)(=O)NNC(=O)Cc2csc(N3CCOCC3)n2)cc1C. The molecule has 2 aromatic rings. The van der Waals surface area contributed by atoms with Crippen molar-refractivity contribution in [2.75, 3.05) is 31.2 Å². The molecule has 27 heavy (non-hydrogen) atoms. The Morgan fingerprint density at radius 1 is 1.26 bits per heavy atom. The molecule has 0 radical (unpaired) electrons. The third-order valence-corrected chi connectivity index (χ3v) is 6.47. The molecular weight excluding hydrogens is 388 g/mol. The second kappa shape index (κ2) is 8.34. The van der Waals surface area contributed by atoms with Crippen molar-refractivity contribution in [3.8, 4) is 0 Å². The molecule has 146 valence electrons. The summed E-state index contributed by atoms with van der Waals surface area (Å²) in [5.74, 6) is -0.471. The van der Waals surface area contributed by atoms with Crippen LogP contribution in [0.4, 0.5) is 5.13 Å². The number of hydrogen-bond acceptors (Lipinski definition) is 7. The van der Waals surface area contributed by atoms with E-state index in [-0.39, 0.29) is 11.3 Å². The number of hydrazine groups is 1. The number of hydrogen-bond donors (Lipinski definition) is 2. The van der Waals surface area contributed by atoms with E-state index in [1.807, 2.05) is 19.2 Å². The Labute approximate surface area is 162 Å². The molecule has 1 fully saturated rings. The number of benzene rings is 1. The van der Waals surface area contributed by atoms with E-state index in [0.717, 1.165) is 29.3 Å². The molecule has 1 saturated heterocycles. The van der Waals surface area contributed by atoms with Gasteiger partial charge in [-0.15, -0.1) is 16.2 Å². The lowest BCUT2D eigenvalue weighted by Gasteiger charge is -2.26. The minimum atomic E-state index is -3.82. The Morgan fingerprint density at radius 2 is 2.00 bits per heavy atom. The number of anilines is 1. The van der Waals surface area contributed by atoms with Gasteiger partial charge in [0.2, 0.25) is 5.91 Å². The lowest BCUT2D eigenvalue weighted by Crippen LogP contribution is -2.42. The van der Waals surface area contributed by atoms with Crippen LogP contribution in [0.5, 0.6) is 0 Å². The van der Waals surface area contributed by atoms with E-state index in [0.29, 0.717) is 18.9 Å². The minimum Gasteiger partial charge on any atom is -0.378 e. The Morgan fingerprint density at radius 3 is 2.70 bits per heavy atom. The highest BCUT2D eigenvalue weighted by atomic mass is 32.2. The van der Waals surface area contributed by atoms with Crippen molar-refractivity contribution in [3.05, 3.63) is 40.4 Å². The van der Waals surface area contributed by atoms with E-state index in [2.05, 4.69) is 20.1 Å². The Bertz CT molecular complexity index is 921. The zero-order valence-corrected chi connectivity index (χ0v) is 16.8. The van der Waals surface area contributed by atoms with Crippen molar-refractivity contribution < 1.29 is 17.9 Å². The standard InChI is InChI=1S/C17H22N4O4S2/c1-12-3-4-15(9-13(12)2)27(23,24)20-19-16(22)10-14-11-26-17(18-14)21-5-7-25-8-6-21/h3-4,9,11,20H,5-8,10H2,1-2H3,(H,19,22). The van der Waals surface area contributed by atoms with Crippen molar-refractivity contribution in [3.63, 3.8) is 0 Å². The molecule has 1 aromatic heterocycles. The first-order chi connectivity index (χ1) is 12.8. The zero-order valence-electron chi connectivity index (χ0n) is 15.2. The van der Waals surface area contributed by atoms with Gasteiger partial charge in [-0.25, -0.2) is 13.4 Å². The first-order valence-corrected chi connectivity index (χ1v) is 10.9. The number of carbonyl (C=O) groups is 1. The van der Waals surface area contributed by atoms with Crippen LogP contribution < -0.4 is 15.2 Å². The highest BCUT2D eigenvalue weighted by molar-refractivity contribution is 7.89. The topological polar surface area (TPSA) is 101 Å². The maximum Gasteiger partial charge on any atom is 0.257 e. The molecular formula is C17H22N4O4S2. The molecule has 8 nitrogen and oxygen atoms in total. The zero-order chi connectivity index (χ0) is 19.4. The monoisotopic (exact) mass is 410 g/mol. The van der Waals surface area contributed by atoms with Crippen LogP contribution in [-0.2, 0) is 26.0 Å². The van der Waals surface area contributed by atoms with Crippen LogP contribution in [0.3, 0.4) is 0 Å². The number of sulfonamides is 1. The summed E-state index contributed by atoms with van der Waals surface area (Å²) < 4.78 is 29.9. The van der Waals surface area contributed by atoms with E-state index in [4.69, 9.17) is 4.74 Å². The van der Waals surface area contributed by atoms with Crippen LogP contribution in [0.25, 0.3) is 0 Å². The van der Waals surface area contributed by atoms with E-state index in [1.165, 1.54) is 17.4 Å².